The molecule has 0 radical (unpaired) electrons. The number of phenolic OH excluding ortho intramolecular Hbond substituents is 1. The SMILES string of the molecule is CCCCCCCCCCCCCCCCCCCCCCCCCCCCCCCCCCCCCCC(C)c1cccc(C(C)CCCCCCCCCCCCCCCCCCCCCCCCCCCCCCCCCCCCCC)c1O. The molecule has 0 fully saturated rings. The van der Waals surface area contributed by atoms with Gasteiger partial charge < -0.3 is 5.11 Å². The molecule has 1 nitrogen and oxygen atoms in total. The molecule has 0 aliphatic heterocycles. The fourth-order valence-corrected chi connectivity index (χ4v) is 14.8. The number of phenols is 1. The van der Waals surface area contributed by atoms with Gasteiger partial charge in [0.15, 0.2) is 0 Å². The largest absolute Gasteiger partial charge is 0.507 e. The fraction of sp³-hybridized carbons (Fsp3) is 0.930. The summed E-state index contributed by atoms with van der Waals surface area (Å²) in [5.41, 5.74) is 2.38. The van der Waals surface area contributed by atoms with Gasteiger partial charge in [0.05, 0.1) is 0 Å². The van der Waals surface area contributed by atoms with E-state index in [0.717, 1.165) is 0 Å². The third-order valence-corrected chi connectivity index (χ3v) is 21.1. The number of benzene rings is 1. The molecule has 0 saturated heterocycles. The quantitative estimate of drug-likeness (QED) is 0.0645. The van der Waals surface area contributed by atoms with Crippen molar-refractivity contribution in [1.82, 2.24) is 0 Å². The predicted octanol–water partition coefficient (Wildman–Crippen LogP) is 32.5. The highest BCUT2D eigenvalue weighted by molar-refractivity contribution is 5.44. The smallest absolute Gasteiger partial charge is 0.122 e. The van der Waals surface area contributed by atoms with E-state index in [9.17, 15) is 5.11 Å². The lowest BCUT2D eigenvalue weighted by atomic mass is 9.87. The van der Waals surface area contributed by atoms with Gasteiger partial charge in [-0.15, -0.1) is 0 Å². The van der Waals surface area contributed by atoms with E-state index in [0.29, 0.717) is 17.6 Å². The average Bonchev–Trinajstić information content (AvgIpc) is 3.35. The van der Waals surface area contributed by atoms with Crippen LogP contribution in [0.3, 0.4) is 0 Å². The highest BCUT2D eigenvalue weighted by Gasteiger charge is 2.17. The molecule has 0 spiro atoms. The minimum atomic E-state index is 0.443. The molecule has 1 rings (SSSR count). The highest BCUT2D eigenvalue weighted by atomic mass is 16.3. The first-order chi connectivity index (χ1) is 43.1. The van der Waals surface area contributed by atoms with Crippen molar-refractivity contribution in [3.05, 3.63) is 29.3 Å². The molecule has 0 heterocycles. The van der Waals surface area contributed by atoms with E-state index in [1.807, 2.05) is 0 Å². The molecule has 1 aromatic carbocycles. The number of rotatable bonds is 76. The van der Waals surface area contributed by atoms with E-state index >= 15 is 0 Å². The summed E-state index contributed by atoms with van der Waals surface area (Å²) >= 11 is 0. The molecule has 87 heavy (non-hydrogen) atoms. The monoisotopic (exact) mass is 1220 g/mol. The normalized spacial score (nSPS) is 12.5. The summed E-state index contributed by atoms with van der Waals surface area (Å²) in [6.45, 7) is 9.32. The topological polar surface area (TPSA) is 20.2 Å². The minimum Gasteiger partial charge on any atom is -0.507 e. The first-order valence-electron chi connectivity index (χ1n) is 41.9. The van der Waals surface area contributed by atoms with Gasteiger partial charge in [-0.1, -0.05) is 508 Å². The highest BCUT2D eigenvalue weighted by Crippen LogP contribution is 2.37. The van der Waals surface area contributed by atoms with E-state index < -0.39 is 0 Å². The Kier molecular flexibility index (Phi) is 70.0. The lowest BCUT2D eigenvalue weighted by Crippen LogP contribution is -2.00. The summed E-state index contributed by atoms with van der Waals surface area (Å²) in [6, 6.07) is 6.62. The van der Waals surface area contributed by atoms with Crippen molar-refractivity contribution >= 4 is 0 Å². The Morgan fingerprint density at radius 3 is 0.437 bits per heavy atom. The summed E-state index contributed by atoms with van der Waals surface area (Å²) in [5.74, 6) is 1.49. The predicted molar refractivity (Wildman–Crippen MR) is 398 cm³/mol. The fourth-order valence-electron chi connectivity index (χ4n) is 14.8. The number of hydrogen-bond acceptors (Lipinski definition) is 1. The van der Waals surface area contributed by atoms with Crippen molar-refractivity contribution in [3.8, 4) is 5.75 Å². The van der Waals surface area contributed by atoms with Crippen molar-refractivity contribution in [3.63, 3.8) is 0 Å². The molecular weight excluding hydrogens is 1050 g/mol. The standard InChI is InChI=1S/C86H166O/c1-5-7-9-11-13-15-17-19-21-23-25-27-29-31-33-35-37-39-41-43-45-47-49-51-53-55-57-59-61-63-65-67-69-71-73-75-78-82(3)84-80-77-81-85(86(84)87)83(4)79-76-74-72-70-68-66-64-62-60-58-56-54-52-50-48-46-44-42-40-38-36-34-32-30-28-26-24-22-20-18-16-14-12-10-8-6-2/h77,80-83,87H,5-76,78-79H2,1-4H3. The second-order valence-corrected chi connectivity index (χ2v) is 29.9. The van der Waals surface area contributed by atoms with Gasteiger partial charge in [-0.05, 0) is 35.8 Å². The van der Waals surface area contributed by atoms with E-state index in [2.05, 4.69) is 45.9 Å². The maximum atomic E-state index is 11.4. The Morgan fingerprint density at radius 1 is 0.195 bits per heavy atom. The van der Waals surface area contributed by atoms with Gasteiger partial charge in [0.2, 0.25) is 0 Å². The zero-order chi connectivity index (χ0) is 62.3. The van der Waals surface area contributed by atoms with Crippen LogP contribution in [0.4, 0.5) is 0 Å². The van der Waals surface area contributed by atoms with Crippen LogP contribution >= 0.6 is 0 Å². The molecule has 0 aliphatic carbocycles. The van der Waals surface area contributed by atoms with Gasteiger partial charge in [0.1, 0.15) is 5.75 Å². The van der Waals surface area contributed by atoms with Crippen molar-refractivity contribution in [1.29, 1.82) is 0 Å². The molecule has 516 valence electrons. The summed E-state index contributed by atoms with van der Waals surface area (Å²) < 4.78 is 0. The summed E-state index contributed by atoms with van der Waals surface area (Å²) in [7, 11) is 0. The van der Waals surface area contributed by atoms with Crippen molar-refractivity contribution < 1.29 is 5.11 Å². The number of hydrogen-bond donors (Lipinski definition) is 1. The third-order valence-electron chi connectivity index (χ3n) is 21.1. The minimum absolute atomic E-state index is 0.443. The molecular formula is C86H166O. The van der Waals surface area contributed by atoms with Crippen LogP contribution in [-0.2, 0) is 0 Å². The second kappa shape index (κ2) is 72.4. The second-order valence-electron chi connectivity index (χ2n) is 29.9. The maximum absolute atomic E-state index is 11.4. The summed E-state index contributed by atoms with van der Waals surface area (Å²) in [6.07, 6.45) is 107. The molecule has 2 atom stereocenters. The summed E-state index contributed by atoms with van der Waals surface area (Å²) in [4.78, 5) is 0. The first-order valence-corrected chi connectivity index (χ1v) is 41.9. The number of para-hydroxylation sites is 1. The molecule has 0 amide bonds. The van der Waals surface area contributed by atoms with Crippen LogP contribution in [0.5, 0.6) is 5.75 Å². The van der Waals surface area contributed by atoms with Gasteiger partial charge in [-0.2, -0.15) is 0 Å². The van der Waals surface area contributed by atoms with Crippen LogP contribution in [0.15, 0.2) is 18.2 Å². The maximum Gasteiger partial charge on any atom is 0.122 e. The van der Waals surface area contributed by atoms with Gasteiger partial charge in [-0.3, -0.25) is 0 Å². The van der Waals surface area contributed by atoms with Crippen LogP contribution in [0, 0.1) is 0 Å². The molecule has 0 aromatic heterocycles. The number of unbranched alkanes of at least 4 members (excludes halogenated alkanes) is 70. The molecule has 2 unspecified atom stereocenters. The number of aromatic hydroxyl groups is 1. The zero-order valence-electron chi connectivity index (χ0n) is 61.2. The average molecular weight is 1220 g/mol. The van der Waals surface area contributed by atoms with E-state index in [-0.39, 0.29) is 0 Å². The van der Waals surface area contributed by atoms with Crippen molar-refractivity contribution in [2.24, 2.45) is 0 Å². The van der Waals surface area contributed by atoms with E-state index in [1.54, 1.807) is 0 Å². The molecule has 0 aliphatic rings. The molecule has 1 N–H and O–H groups in total. The van der Waals surface area contributed by atoms with Gasteiger partial charge in [-0.25, -0.2) is 0 Å². The van der Waals surface area contributed by atoms with Gasteiger partial charge in [0.25, 0.3) is 0 Å². The Hall–Kier alpha value is -0.980. The van der Waals surface area contributed by atoms with Gasteiger partial charge in [0, 0.05) is 0 Å². The lowest BCUT2D eigenvalue weighted by molar-refractivity contribution is 0.441. The molecule has 0 bridgehead atoms. The van der Waals surface area contributed by atoms with Crippen LogP contribution in [0.25, 0.3) is 0 Å². The molecule has 0 saturated carbocycles. The van der Waals surface area contributed by atoms with Crippen molar-refractivity contribution in [2.45, 2.75) is 515 Å². The lowest BCUT2D eigenvalue weighted by Gasteiger charge is -2.19. The zero-order valence-corrected chi connectivity index (χ0v) is 61.2. The van der Waals surface area contributed by atoms with Crippen LogP contribution in [-0.4, -0.2) is 5.11 Å². The Balaban J connectivity index is 1.80. The van der Waals surface area contributed by atoms with Crippen LogP contribution in [0.1, 0.15) is 526 Å². The summed E-state index contributed by atoms with van der Waals surface area (Å²) in [5, 5.41) is 11.4. The molecule has 1 aromatic rings. The van der Waals surface area contributed by atoms with E-state index in [4.69, 9.17) is 0 Å². The third kappa shape index (κ3) is 62.3. The van der Waals surface area contributed by atoms with Crippen LogP contribution < -0.4 is 0 Å². The Bertz CT molecular complexity index is 1300. The van der Waals surface area contributed by atoms with E-state index in [1.165, 1.54) is 486 Å². The van der Waals surface area contributed by atoms with Gasteiger partial charge >= 0.3 is 0 Å². The Labute approximate surface area is 551 Å². The first kappa shape index (κ1) is 84.0. The Morgan fingerprint density at radius 2 is 0.310 bits per heavy atom. The van der Waals surface area contributed by atoms with Crippen molar-refractivity contribution in [2.75, 3.05) is 0 Å². The van der Waals surface area contributed by atoms with Crippen LogP contribution in [0.2, 0.25) is 0 Å². The molecule has 1 heteroatoms.